The van der Waals surface area contributed by atoms with E-state index in [1.807, 2.05) is 0 Å². The molecule has 0 radical (unpaired) electrons. The van der Waals surface area contributed by atoms with Crippen LogP contribution in [0.2, 0.25) is 0 Å². The molecular formula is C17H16O6S. The van der Waals surface area contributed by atoms with Gasteiger partial charge in [0.25, 0.3) is 0 Å². The molecule has 0 saturated heterocycles. The van der Waals surface area contributed by atoms with Gasteiger partial charge in [-0.05, 0) is 36.4 Å². The predicted octanol–water partition coefficient (Wildman–Crippen LogP) is 2.14. The Morgan fingerprint density at radius 3 is 2.25 bits per heavy atom. The molecule has 7 heteroatoms. The van der Waals surface area contributed by atoms with Gasteiger partial charge in [0.05, 0.1) is 17.6 Å². The summed E-state index contributed by atoms with van der Waals surface area (Å²) in [7, 11) is -1.84. The number of Topliss-reactive ketones (excluding diaryl/α,β-unsaturated/α-hetero) is 1. The highest BCUT2D eigenvalue weighted by Crippen LogP contribution is 2.14. The first kappa shape index (κ1) is 17.7. The minimum Gasteiger partial charge on any atom is -0.497 e. The predicted molar refractivity (Wildman–Crippen MR) is 87.2 cm³/mol. The van der Waals surface area contributed by atoms with Gasteiger partial charge in [0.2, 0.25) is 0 Å². The number of ether oxygens (including phenoxy) is 2. The Hall–Kier alpha value is -2.67. The molecule has 0 aromatic heterocycles. The van der Waals surface area contributed by atoms with Gasteiger partial charge in [-0.1, -0.05) is 12.1 Å². The molecule has 0 bridgehead atoms. The van der Waals surface area contributed by atoms with Crippen LogP contribution in [-0.4, -0.2) is 40.1 Å². The fraction of sp³-hybridized carbons (Fsp3) is 0.176. The summed E-state index contributed by atoms with van der Waals surface area (Å²) in [4.78, 5) is 24.0. The molecule has 0 heterocycles. The van der Waals surface area contributed by atoms with E-state index in [9.17, 15) is 18.0 Å². The van der Waals surface area contributed by atoms with Crippen LogP contribution < -0.4 is 4.74 Å². The van der Waals surface area contributed by atoms with Crippen LogP contribution in [0.3, 0.4) is 0 Å². The third kappa shape index (κ3) is 4.42. The maximum Gasteiger partial charge on any atom is 0.338 e. The number of benzene rings is 2. The van der Waals surface area contributed by atoms with E-state index < -0.39 is 22.4 Å². The monoisotopic (exact) mass is 348 g/mol. The second kappa shape index (κ2) is 7.27. The quantitative estimate of drug-likeness (QED) is 0.587. The van der Waals surface area contributed by atoms with E-state index in [4.69, 9.17) is 9.47 Å². The molecule has 0 spiro atoms. The lowest BCUT2D eigenvalue weighted by atomic mass is 10.1. The van der Waals surface area contributed by atoms with E-state index in [0.717, 1.165) is 6.26 Å². The summed E-state index contributed by atoms with van der Waals surface area (Å²) in [6.07, 6.45) is 1.08. The molecule has 0 saturated carbocycles. The topological polar surface area (TPSA) is 86.7 Å². The Morgan fingerprint density at radius 2 is 1.67 bits per heavy atom. The standard InChI is InChI=1S/C17H16O6S/c1-22-14-5-3-4-13(10-14)16(18)11-23-17(19)12-6-8-15(9-7-12)24(2,20)21/h3-10H,11H2,1-2H3. The van der Waals surface area contributed by atoms with Gasteiger partial charge in [0.15, 0.2) is 22.2 Å². The number of sulfone groups is 1. The molecule has 0 amide bonds. The van der Waals surface area contributed by atoms with Crippen molar-refractivity contribution in [2.75, 3.05) is 20.0 Å². The van der Waals surface area contributed by atoms with Crippen LogP contribution in [0.1, 0.15) is 20.7 Å². The number of ketones is 1. The molecule has 0 aliphatic heterocycles. The van der Waals surface area contributed by atoms with Crippen LogP contribution in [0.5, 0.6) is 5.75 Å². The van der Waals surface area contributed by atoms with Gasteiger partial charge in [-0.15, -0.1) is 0 Å². The molecular weight excluding hydrogens is 332 g/mol. The maximum absolute atomic E-state index is 12.0. The maximum atomic E-state index is 12.0. The number of carbonyl (C=O) groups is 2. The van der Waals surface area contributed by atoms with Crippen molar-refractivity contribution in [2.24, 2.45) is 0 Å². The fourth-order valence-electron chi connectivity index (χ4n) is 1.93. The lowest BCUT2D eigenvalue weighted by Crippen LogP contribution is -2.14. The highest BCUT2D eigenvalue weighted by molar-refractivity contribution is 7.90. The molecule has 0 N–H and O–H groups in total. The molecule has 0 unspecified atom stereocenters. The smallest absolute Gasteiger partial charge is 0.338 e. The molecule has 0 fully saturated rings. The van der Waals surface area contributed by atoms with Crippen molar-refractivity contribution in [3.8, 4) is 5.75 Å². The van der Waals surface area contributed by atoms with Crippen molar-refractivity contribution < 1.29 is 27.5 Å². The number of carbonyl (C=O) groups excluding carboxylic acids is 2. The van der Waals surface area contributed by atoms with Crippen molar-refractivity contribution in [1.29, 1.82) is 0 Å². The highest BCUT2D eigenvalue weighted by atomic mass is 32.2. The summed E-state index contributed by atoms with van der Waals surface area (Å²) in [5, 5.41) is 0. The van der Waals surface area contributed by atoms with Crippen LogP contribution in [0.25, 0.3) is 0 Å². The van der Waals surface area contributed by atoms with Gasteiger partial charge in [-0.25, -0.2) is 13.2 Å². The average molecular weight is 348 g/mol. The molecule has 0 atom stereocenters. The van der Waals surface area contributed by atoms with Gasteiger partial charge in [0.1, 0.15) is 5.75 Å². The first-order chi connectivity index (χ1) is 11.3. The number of hydrogen-bond acceptors (Lipinski definition) is 6. The second-order valence-electron chi connectivity index (χ2n) is 5.03. The lowest BCUT2D eigenvalue weighted by molar-refractivity contribution is 0.0474. The van der Waals surface area contributed by atoms with Gasteiger partial charge in [0, 0.05) is 11.8 Å². The van der Waals surface area contributed by atoms with Crippen molar-refractivity contribution in [3.63, 3.8) is 0 Å². The summed E-state index contributed by atoms with van der Waals surface area (Å²) in [6.45, 7) is -0.417. The minimum absolute atomic E-state index is 0.103. The molecule has 0 aliphatic carbocycles. The van der Waals surface area contributed by atoms with Crippen LogP contribution >= 0.6 is 0 Å². The Morgan fingerprint density at radius 1 is 1.00 bits per heavy atom. The van der Waals surface area contributed by atoms with E-state index in [0.29, 0.717) is 11.3 Å². The number of rotatable bonds is 6. The summed E-state index contributed by atoms with van der Waals surface area (Å²) in [5.74, 6) is -0.537. The second-order valence-corrected chi connectivity index (χ2v) is 7.04. The SMILES string of the molecule is COc1cccc(C(=O)COC(=O)c2ccc(S(C)(=O)=O)cc2)c1. The van der Waals surface area contributed by atoms with Crippen LogP contribution in [0.15, 0.2) is 53.4 Å². The van der Waals surface area contributed by atoms with Crippen molar-refractivity contribution in [3.05, 3.63) is 59.7 Å². The summed E-state index contributed by atoms with van der Waals surface area (Å²) < 4.78 is 32.7. The Balaban J connectivity index is 2.01. The van der Waals surface area contributed by atoms with Crippen LogP contribution in [0.4, 0.5) is 0 Å². The van der Waals surface area contributed by atoms with E-state index in [-0.39, 0.29) is 16.2 Å². The van der Waals surface area contributed by atoms with E-state index in [2.05, 4.69) is 0 Å². The lowest BCUT2D eigenvalue weighted by Gasteiger charge is -2.06. The largest absolute Gasteiger partial charge is 0.497 e. The first-order valence-electron chi connectivity index (χ1n) is 6.96. The van der Waals surface area contributed by atoms with Gasteiger partial charge in [-0.3, -0.25) is 4.79 Å². The summed E-state index contributed by atoms with van der Waals surface area (Å²) >= 11 is 0. The molecule has 0 aliphatic rings. The van der Waals surface area contributed by atoms with Gasteiger partial charge < -0.3 is 9.47 Å². The number of esters is 1. The zero-order valence-electron chi connectivity index (χ0n) is 13.2. The molecule has 2 rings (SSSR count). The molecule has 6 nitrogen and oxygen atoms in total. The third-order valence-electron chi connectivity index (χ3n) is 3.24. The van der Waals surface area contributed by atoms with Crippen molar-refractivity contribution in [2.45, 2.75) is 4.90 Å². The number of hydrogen-bond donors (Lipinski definition) is 0. The third-order valence-corrected chi connectivity index (χ3v) is 4.37. The Labute approximate surface area is 139 Å². The van der Waals surface area contributed by atoms with E-state index in [1.165, 1.54) is 31.4 Å². The van der Waals surface area contributed by atoms with Crippen molar-refractivity contribution >= 4 is 21.6 Å². The molecule has 2 aromatic rings. The molecule has 126 valence electrons. The summed E-state index contributed by atoms with van der Waals surface area (Å²) in [6, 6.07) is 11.8. The van der Waals surface area contributed by atoms with Crippen molar-refractivity contribution in [1.82, 2.24) is 0 Å². The highest BCUT2D eigenvalue weighted by Gasteiger charge is 2.14. The number of methoxy groups -OCH3 is 1. The first-order valence-corrected chi connectivity index (χ1v) is 8.85. The zero-order chi connectivity index (χ0) is 17.7. The fourth-order valence-corrected chi connectivity index (χ4v) is 2.56. The van der Waals surface area contributed by atoms with Crippen LogP contribution in [0, 0.1) is 0 Å². The van der Waals surface area contributed by atoms with Gasteiger partial charge in [-0.2, -0.15) is 0 Å². The molecule has 2 aromatic carbocycles. The normalized spacial score (nSPS) is 10.9. The summed E-state index contributed by atoms with van der Waals surface area (Å²) in [5.41, 5.74) is 0.537. The van der Waals surface area contributed by atoms with E-state index >= 15 is 0 Å². The zero-order valence-corrected chi connectivity index (χ0v) is 14.0. The van der Waals surface area contributed by atoms with Gasteiger partial charge >= 0.3 is 5.97 Å². The minimum atomic E-state index is -3.33. The Bertz CT molecular complexity index is 853. The Kier molecular flexibility index (Phi) is 5.35. The van der Waals surface area contributed by atoms with Crippen LogP contribution in [-0.2, 0) is 14.6 Å². The van der Waals surface area contributed by atoms with E-state index in [1.54, 1.807) is 24.3 Å². The molecule has 24 heavy (non-hydrogen) atoms. The average Bonchev–Trinajstić information content (AvgIpc) is 2.58.